The summed E-state index contributed by atoms with van der Waals surface area (Å²) in [4.78, 5) is 21.4. The first-order chi connectivity index (χ1) is 8.66. The van der Waals surface area contributed by atoms with Gasteiger partial charge in [-0.25, -0.2) is 4.98 Å². The van der Waals surface area contributed by atoms with Crippen molar-refractivity contribution in [1.29, 1.82) is 0 Å². The van der Waals surface area contributed by atoms with E-state index < -0.39 is 0 Å². The lowest BCUT2D eigenvalue weighted by atomic mass is 10.00. The first-order valence-corrected chi connectivity index (χ1v) is 6.62. The zero-order valence-corrected chi connectivity index (χ0v) is 11.2. The molecule has 0 radical (unpaired) electrons. The van der Waals surface area contributed by atoms with Crippen molar-refractivity contribution < 1.29 is 4.79 Å². The number of hydrogen-bond acceptors (Lipinski definition) is 3. The van der Waals surface area contributed by atoms with Gasteiger partial charge in [0.05, 0.1) is 18.6 Å². The zero-order chi connectivity index (χ0) is 13.0. The van der Waals surface area contributed by atoms with Crippen LogP contribution in [0, 0.1) is 6.92 Å². The molecular weight excluding hydrogens is 228 g/mol. The number of piperidine rings is 1. The maximum Gasteiger partial charge on any atom is 0.221 e. The minimum atomic E-state index is 0.121. The highest BCUT2D eigenvalue weighted by atomic mass is 16.1. The molecule has 1 aromatic heterocycles. The number of likely N-dealkylation sites (tertiary alicyclic amines) is 1. The Morgan fingerprint density at radius 1 is 1.61 bits per heavy atom. The van der Waals surface area contributed by atoms with E-state index in [4.69, 9.17) is 0 Å². The Morgan fingerprint density at radius 3 is 3.11 bits per heavy atom. The molecule has 1 aliphatic heterocycles. The summed E-state index contributed by atoms with van der Waals surface area (Å²) in [5, 5.41) is 2.95. The van der Waals surface area contributed by atoms with Crippen LogP contribution in [0.25, 0.3) is 0 Å². The van der Waals surface area contributed by atoms with Crippen molar-refractivity contribution in [2.75, 3.05) is 13.6 Å². The van der Waals surface area contributed by atoms with Gasteiger partial charge >= 0.3 is 0 Å². The van der Waals surface area contributed by atoms with Gasteiger partial charge in [0.2, 0.25) is 5.91 Å². The van der Waals surface area contributed by atoms with Gasteiger partial charge in [-0.3, -0.25) is 4.79 Å². The number of carbonyl (C=O) groups is 1. The molecule has 5 heteroatoms. The summed E-state index contributed by atoms with van der Waals surface area (Å²) in [5.41, 5.74) is 1.94. The second-order valence-electron chi connectivity index (χ2n) is 5.09. The van der Waals surface area contributed by atoms with Gasteiger partial charge in [0.25, 0.3) is 0 Å². The highest BCUT2D eigenvalue weighted by Crippen LogP contribution is 2.17. The number of rotatable bonds is 4. The predicted octanol–water partition coefficient (Wildman–Crippen LogP) is 1.21. The van der Waals surface area contributed by atoms with E-state index in [1.807, 2.05) is 6.92 Å². The third-order valence-corrected chi connectivity index (χ3v) is 3.73. The van der Waals surface area contributed by atoms with Crippen LogP contribution in [-0.4, -0.2) is 40.4 Å². The third-order valence-electron chi connectivity index (χ3n) is 3.73. The third kappa shape index (κ3) is 3.32. The van der Waals surface area contributed by atoms with Gasteiger partial charge in [0.1, 0.15) is 0 Å². The number of aromatic amines is 1. The normalized spacial score (nSPS) is 20.9. The number of hydrogen-bond donors (Lipinski definition) is 2. The molecular formula is C13H22N4O. The monoisotopic (exact) mass is 250 g/mol. The van der Waals surface area contributed by atoms with Crippen LogP contribution in [0.2, 0.25) is 0 Å². The van der Waals surface area contributed by atoms with Crippen LogP contribution in [-0.2, 0) is 11.3 Å². The van der Waals surface area contributed by atoms with Crippen LogP contribution < -0.4 is 5.32 Å². The maximum atomic E-state index is 11.9. The van der Waals surface area contributed by atoms with Crippen molar-refractivity contribution in [3.8, 4) is 0 Å². The molecule has 0 saturated carbocycles. The number of nitrogens with zero attached hydrogens (tertiary/aromatic N) is 2. The van der Waals surface area contributed by atoms with Crippen molar-refractivity contribution >= 4 is 5.91 Å². The molecule has 1 fully saturated rings. The fourth-order valence-electron chi connectivity index (χ4n) is 2.44. The first-order valence-electron chi connectivity index (χ1n) is 6.62. The predicted molar refractivity (Wildman–Crippen MR) is 70.1 cm³/mol. The molecule has 0 unspecified atom stereocenters. The molecule has 2 heterocycles. The molecule has 1 aromatic rings. The molecule has 1 saturated heterocycles. The van der Waals surface area contributed by atoms with Crippen molar-refractivity contribution in [2.45, 2.75) is 45.2 Å². The molecule has 100 valence electrons. The summed E-state index contributed by atoms with van der Waals surface area (Å²) in [7, 11) is 2.11. The van der Waals surface area contributed by atoms with Crippen molar-refractivity contribution in [2.24, 2.45) is 0 Å². The van der Waals surface area contributed by atoms with Crippen LogP contribution in [0.15, 0.2) is 6.33 Å². The fraction of sp³-hybridized carbons (Fsp3) is 0.692. The summed E-state index contributed by atoms with van der Waals surface area (Å²) in [6, 6.07) is 0.402. The molecule has 5 nitrogen and oxygen atoms in total. The Bertz CT molecular complexity index is 401. The molecule has 18 heavy (non-hydrogen) atoms. The highest BCUT2D eigenvalue weighted by molar-refractivity contribution is 5.76. The summed E-state index contributed by atoms with van der Waals surface area (Å²) in [6.45, 7) is 3.59. The number of H-pyrrole nitrogens is 1. The summed E-state index contributed by atoms with van der Waals surface area (Å²) >= 11 is 0. The lowest BCUT2D eigenvalue weighted by Gasteiger charge is -2.31. The van der Waals surface area contributed by atoms with E-state index in [1.165, 1.54) is 12.8 Å². The molecule has 0 spiro atoms. The number of aryl methyl sites for hydroxylation is 1. The molecule has 0 aromatic carbocycles. The number of aromatic nitrogens is 2. The number of nitrogens with one attached hydrogen (secondary N) is 2. The standard InChI is InChI=1S/C13H22N4O/c1-10-12(16-9-15-10)8-14-13(18)7-11-5-3-4-6-17(11)2/h9,11H,3-8H2,1-2H3,(H,14,18)(H,15,16)/t11-/m0/s1. The van der Waals surface area contributed by atoms with E-state index in [9.17, 15) is 4.79 Å². The van der Waals surface area contributed by atoms with Gasteiger partial charge in [-0.15, -0.1) is 0 Å². The van der Waals surface area contributed by atoms with Gasteiger partial charge < -0.3 is 15.2 Å². The molecule has 2 rings (SSSR count). The second kappa shape index (κ2) is 6.00. The van der Waals surface area contributed by atoms with Crippen LogP contribution in [0.1, 0.15) is 37.1 Å². The van der Waals surface area contributed by atoms with E-state index >= 15 is 0 Å². The lowest BCUT2D eigenvalue weighted by Crippen LogP contribution is -2.40. The van der Waals surface area contributed by atoms with E-state index in [2.05, 4.69) is 27.2 Å². The van der Waals surface area contributed by atoms with Crippen LogP contribution in [0.4, 0.5) is 0 Å². The van der Waals surface area contributed by atoms with Crippen molar-refractivity contribution in [3.05, 3.63) is 17.7 Å². The van der Waals surface area contributed by atoms with E-state index in [1.54, 1.807) is 6.33 Å². The first kappa shape index (κ1) is 13.1. The van der Waals surface area contributed by atoms with Gasteiger partial charge in [-0.2, -0.15) is 0 Å². The minimum absolute atomic E-state index is 0.121. The van der Waals surface area contributed by atoms with Crippen molar-refractivity contribution in [1.82, 2.24) is 20.2 Å². The van der Waals surface area contributed by atoms with Gasteiger partial charge in [-0.05, 0) is 33.4 Å². The van der Waals surface area contributed by atoms with Gasteiger partial charge in [-0.1, -0.05) is 6.42 Å². The second-order valence-corrected chi connectivity index (χ2v) is 5.09. The Morgan fingerprint density at radius 2 is 2.44 bits per heavy atom. The Hall–Kier alpha value is -1.36. The van der Waals surface area contributed by atoms with E-state index in [0.29, 0.717) is 19.0 Å². The topological polar surface area (TPSA) is 61.0 Å². The Balaban J connectivity index is 1.76. The minimum Gasteiger partial charge on any atom is -0.350 e. The molecule has 0 bridgehead atoms. The fourth-order valence-corrected chi connectivity index (χ4v) is 2.44. The molecule has 2 N–H and O–H groups in total. The quantitative estimate of drug-likeness (QED) is 0.844. The van der Waals surface area contributed by atoms with E-state index in [-0.39, 0.29) is 5.91 Å². The zero-order valence-electron chi connectivity index (χ0n) is 11.2. The number of amides is 1. The molecule has 1 aliphatic rings. The number of imidazole rings is 1. The Kier molecular flexibility index (Phi) is 4.36. The van der Waals surface area contributed by atoms with Crippen LogP contribution >= 0.6 is 0 Å². The smallest absolute Gasteiger partial charge is 0.221 e. The average molecular weight is 250 g/mol. The SMILES string of the molecule is Cc1[nH]cnc1CNC(=O)C[C@@H]1CCCCN1C. The number of carbonyl (C=O) groups excluding carboxylic acids is 1. The van der Waals surface area contributed by atoms with Crippen LogP contribution in [0.3, 0.4) is 0 Å². The highest BCUT2D eigenvalue weighted by Gasteiger charge is 2.21. The van der Waals surface area contributed by atoms with Crippen LogP contribution in [0.5, 0.6) is 0 Å². The molecule has 0 aliphatic carbocycles. The van der Waals surface area contributed by atoms with Crippen molar-refractivity contribution in [3.63, 3.8) is 0 Å². The molecule has 1 atom stereocenters. The largest absolute Gasteiger partial charge is 0.350 e. The summed E-state index contributed by atoms with van der Waals surface area (Å²) in [5.74, 6) is 0.121. The Labute approximate surface area is 108 Å². The van der Waals surface area contributed by atoms with E-state index in [0.717, 1.165) is 24.4 Å². The lowest BCUT2D eigenvalue weighted by molar-refractivity contribution is -0.122. The van der Waals surface area contributed by atoms with Gasteiger partial charge in [0, 0.05) is 18.2 Å². The van der Waals surface area contributed by atoms with Gasteiger partial charge in [0.15, 0.2) is 0 Å². The molecule has 1 amide bonds. The summed E-state index contributed by atoms with van der Waals surface area (Å²) in [6.07, 6.45) is 5.87. The summed E-state index contributed by atoms with van der Waals surface area (Å²) < 4.78 is 0. The average Bonchev–Trinajstić information content (AvgIpc) is 2.75. The maximum absolute atomic E-state index is 11.9.